The van der Waals surface area contributed by atoms with Crippen LogP contribution in [0.2, 0.25) is 0 Å². The van der Waals surface area contributed by atoms with Crippen LogP contribution < -0.4 is 0 Å². The molecule has 2 aromatic carbocycles. The second kappa shape index (κ2) is 9.17. The van der Waals surface area contributed by atoms with Crippen molar-refractivity contribution in [3.63, 3.8) is 0 Å². The summed E-state index contributed by atoms with van der Waals surface area (Å²) in [7, 11) is 0. The number of aromatic nitrogens is 1. The first-order chi connectivity index (χ1) is 12.3. The van der Waals surface area contributed by atoms with Gasteiger partial charge in [-0.25, -0.2) is 0 Å². The predicted octanol–water partition coefficient (Wildman–Crippen LogP) is 6.40. The fraction of sp³-hybridized carbons (Fsp3) is 0.292. The van der Waals surface area contributed by atoms with Crippen molar-refractivity contribution >= 4 is 0 Å². The molecule has 0 bridgehead atoms. The zero-order chi connectivity index (χ0) is 17.3. The lowest BCUT2D eigenvalue weighted by molar-refractivity contribution is 0.640. The highest BCUT2D eigenvalue weighted by molar-refractivity contribution is 5.59. The second-order valence-electron chi connectivity index (χ2n) is 6.82. The highest BCUT2D eigenvalue weighted by Gasteiger charge is 2.00. The summed E-state index contributed by atoms with van der Waals surface area (Å²) >= 11 is 0. The first-order valence-electron chi connectivity index (χ1n) is 9.37. The average Bonchev–Trinajstić information content (AvgIpc) is 2.67. The molecule has 1 heterocycles. The molecule has 1 aromatic heterocycles. The van der Waals surface area contributed by atoms with E-state index in [-0.39, 0.29) is 0 Å². The van der Waals surface area contributed by atoms with E-state index in [9.17, 15) is 0 Å². The van der Waals surface area contributed by atoms with Gasteiger partial charge in [0.1, 0.15) is 0 Å². The summed E-state index contributed by atoms with van der Waals surface area (Å²) in [4.78, 5) is 4.50. The molecule has 0 aliphatic heterocycles. The molecule has 0 saturated carbocycles. The standard InChI is InChI=1S/C24H27N/c1-20-13-18-24(25-19-20)23-16-14-22(15-17-23)12-6-3-2-5-9-21-10-7-4-8-11-21/h4,7-8,10-11,13-19H,2-3,5-6,9,12H2,1H3. The minimum Gasteiger partial charge on any atom is -0.256 e. The summed E-state index contributed by atoms with van der Waals surface area (Å²) in [6.07, 6.45) is 9.51. The number of rotatable bonds is 8. The maximum Gasteiger partial charge on any atom is 0.0702 e. The van der Waals surface area contributed by atoms with Gasteiger partial charge in [0.15, 0.2) is 0 Å². The van der Waals surface area contributed by atoms with Crippen LogP contribution in [0.1, 0.15) is 42.4 Å². The Morgan fingerprint density at radius 3 is 1.88 bits per heavy atom. The van der Waals surface area contributed by atoms with Crippen LogP contribution in [-0.4, -0.2) is 4.98 Å². The molecule has 25 heavy (non-hydrogen) atoms. The molecular weight excluding hydrogens is 302 g/mol. The van der Waals surface area contributed by atoms with Gasteiger partial charge >= 0.3 is 0 Å². The van der Waals surface area contributed by atoms with Crippen LogP contribution in [0.15, 0.2) is 72.9 Å². The van der Waals surface area contributed by atoms with Crippen molar-refractivity contribution in [2.24, 2.45) is 0 Å². The van der Waals surface area contributed by atoms with E-state index in [0.717, 1.165) is 5.69 Å². The Bertz CT molecular complexity index is 742. The summed E-state index contributed by atoms with van der Waals surface area (Å²) in [6, 6.07) is 23.9. The Morgan fingerprint density at radius 2 is 1.28 bits per heavy atom. The van der Waals surface area contributed by atoms with Crippen LogP contribution in [0.25, 0.3) is 11.3 Å². The van der Waals surface area contributed by atoms with E-state index in [1.807, 2.05) is 6.20 Å². The predicted molar refractivity (Wildman–Crippen MR) is 107 cm³/mol. The zero-order valence-electron chi connectivity index (χ0n) is 15.1. The van der Waals surface area contributed by atoms with Crippen LogP contribution in [0, 0.1) is 6.92 Å². The molecule has 0 spiro atoms. The van der Waals surface area contributed by atoms with Gasteiger partial charge in [-0.2, -0.15) is 0 Å². The van der Waals surface area contributed by atoms with E-state index in [1.54, 1.807) is 0 Å². The lowest BCUT2D eigenvalue weighted by Gasteiger charge is -2.05. The average molecular weight is 329 g/mol. The van der Waals surface area contributed by atoms with Crippen LogP contribution in [0.4, 0.5) is 0 Å². The molecule has 0 fully saturated rings. The first kappa shape index (κ1) is 17.4. The van der Waals surface area contributed by atoms with Gasteiger partial charge in [-0.3, -0.25) is 4.98 Å². The molecule has 0 amide bonds. The summed E-state index contributed by atoms with van der Waals surface area (Å²) in [6.45, 7) is 2.07. The quantitative estimate of drug-likeness (QED) is 0.436. The summed E-state index contributed by atoms with van der Waals surface area (Å²) in [5, 5.41) is 0. The molecule has 0 unspecified atom stereocenters. The highest BCUT2D eigenvalue weighted by atomic mass is 14.7. The van der Waals surface area contributed by atoms with Crippen molar-refractivity contribution in [1.82, 2.24) is 4.98 Å². The number of unbranched alkanes of at least 4 members (excludes halogenated alkanes) is 3. The van der Waals surface area contributed by atoms with Gasteiger partial charge in [-0.1, -0.05) is 73.5 Å². The molecule has 0 aliphatic carbocycles. The molecule has 0 N–H and O–H groups in total. The SMILES string of the molecule is Cc1ccc(-c2ccc(CCCCCCc3ccccc3)cc2)nc1. The van der Waals surface area contributed by atoms with Crippen molar-refractivity contribution in [1.29, 1.82) is 0 Å². The number of benzene rings is 2. The number of hydrogen-bond donors (Lipinski definition) is 0. The Morgan fingerprint density at radius 1 is 0.640 bits per heavy atom. The van der Waals surface area contributed by atoms with Gasteiger partial charge in [0.2, 0.25) is 0 Å². The Hall–Kier alpha value is -2.41. The fourth-order valence-corrected chi connectivity index (χ4v) is 3.14. The molecule has 0 radical (unpaired) electrons. The van der Waals surface area contributed by atoms with Crippen molar-refractivity contribution in [2.45, 2.75) is 45.4 Å². The third-order valence-corrected chi connectivity index (χ3v) is 4.68. The van der Waals surface area contributed by atoms with Crippen molar-refractivity contribution < 1.29 is 0 Å². The minimum absolute atomic E-state index is 1.05. The highest BCUT2D eigenvalue weighted by Crippen LogP contribution is 2.19. The van der Waals surface area contributed by atoms with Crippen LogP contribution >= 0.6 is 0 Å². The molecule has 128 valence electrons. The molecular formula is C24H27N. The molecule has 1 nitrogen and oxygen atoms in total. The van der Waals surface area contributed by atoms with Crippen molar-refractivity contribution in [3.05, 3.63) is 89.6 Å². The number of hydrogen-bond acceptors (Lipinski definition) is 1. The van der Waals surface area contributed by atoms with Crippen molar-refractivity contribution in [2.75, 3.05) is 0 Å². The number of nitrogens with zero attached hydrogens (tertiary/aromatic N) is 1. The Kier molecular flexibility index (Phi) is 6.39. The van der Waals surface area contributed by atoms with Crippen LogP contribution in [0.3, 0.4) is 0 Å². The van der Waals surface area contributed by atoms with Gasteiger partial charge < -0.3 is 0 Å². The Labute approximate surface area is 151 Å². The third-order valence-electron chi connectivity index (χ3n) is 4.68. The summed E-state index contributed by atoms with van der Waals surface area (Å²) in [5.74, 6) is 0. The maximum absolute atomic E-state index is 4.50. The first-order valence-corrected chi connectivity index (χ1v) is 9.37. The fourth-order valence-electron chi connectivity index (χ4n) is 3.14. The monoisotopic (exact) mass is 329 g/mol. The third kappa shape index (κ3) is 5.56. The molecule has 0 saturated heterocycles. The summed E-state index contributed by atoms with van der Waals surface area (Å²) < 4.78 is 0. The smallest absolute Gasteiger partial charge is 0.0702 e. The van der Waals surface area contributed by atoms with Crippen molar-refractivity contribution in [3.8, 4) is 11.3 Å². The maximum atomic E-state index is 4.50. The molecule has 3 aromatic rings. The van der Waals surface area contributed by atoms with Gasteiger partial charge in [-0.05, 0) is 55.4 Å². The zero-order valence-corrected chi connectivity index (χ0v) is 15.1. The Balaban J connectivity index is 1.38. The topological polar surface area (TPSA) is 12.9 Å². The van der Waals surface area contributed by atoms with E-state index in [2.05, 4.69) is 78.6 Å². The number of aryl methyl sites for hydroxylation is 3. The summed E-state index contributed by atoms with van der Waals surface area (Å²) in [5.41, 5.74) is 6.35. The molecule has 3 rings (SSSR count). The normalized spacial score (nSPS) is 10.8. The molecule has 0 atom stereocenters. The molecule has 0 aliphatic rings. The number of pyridine rings is 1. The van der Waals surface area contributed by atoms with Gasteiger partial charge in [0.25, 0.3) is 0 Å². The van der Waals surface area contributed by atoms with E-state index < -0.39 is 0 Å². The molecule has 1 heteroatoms. The second-order valence-corrected chi connectivity index (χ2v) is 6.82. The van der Waals surface area contributed by atoms with Gasteiger partial charge in [-0.15, -0.1) is 0 Å². The lowest BCUT2D eigenvalue weighted by Crippen LogP contribution is -1.89. The van der Waals surface area contributed by atoms with E-state index in [1.165, 1.54) is 60.8 Å². The van der Waals surface area contributed by atoms with Gasteiger partial charge in [0, 0.05) is 11.8 Å². The van der Waals surface area contributed by atoms with Gasteiger partial charge in [0.05, 0.1) is 5.69 Å². The van der Waals surface area contributed by atoms with E-state index >= 15 is 0 Å². The largest absolute Gasteiger partial charge is 0.256 e. The lowest BCUT2D eigenvalue weighted by atomic mass is 10.0. The van der Waals surface area contributed by atoms with E-state index in [0.29, 0.717) is 0 Å². The van der Waals surface area contributed by atoms with E-state index in [4.69, 9.17) is 0 Å². The van der Waals surface area contributed by atoms with Crippen LogP contribution in [-0.2, 0) is 12.8 Å². The minimum atomic E-state index is 1.05. The van der Waals surface area contributed by atoms with Crippen LogP contribution in [0.5, 0.6) is 0 Å².